The van der Waals surface area contributed by atoms with E-state index in [1.54, 1.807) is 24.3 Å². The van der Waals surface area contributed by atoms with Crippen molar-refractivity contribution in [2.45, 2.75) is 0 Å². The summed E-state index contributed by atoms with van der Waals surface area (Å²) in [5.41, 5.74) is 0. The number of rotatable bonds is 3. The third-order valence-corrected chi connectivity index (χ3v) is 3.60. The zero-order chi connectivity index (χ0) is 15.9. The molecule has 0 saturated heterocycles. The van der Waals surface area contributed by atoms with E-state index in [2.05, 4.69) is 42.1 Å². The lowest BCUT2D eigenvalue weighted by atomic mass is 10.3. The highest BCUT2D eigenvalue weighted by molar-refractivity contribution is 9.10. The summed E-state index contributed by atoms with van der Waals surface area (Å²) in [6.07, 6.45) is 0. The minimum absolute atomic E-state index is 0.181. The quantitative estimate of drug-likeness (QED) is 0.327. The Morgan fingerprint density at radius 1 is 0.682 bits per heavy atom. The zero-order valence-corrected chi connectivity index (χ0v) is 15.5. The first-order valence-corrected chi connectivity index (χ1v) is 8.20. The summed E-state index contributed by atoms with van der Waals surface area (Å²) in [6, 6.07) is 14.2. The van der Waals surface area contributed by atoms with Crippen molar-refractivity contribution in [2.24, 2.45) is 10.2 Å². The Bertz CT molecular complexity index is 627. The Hall–Kier alpha value is -1.08. The van der Waals surface area contributed by atoms with E-state index >= 15 is 0 Å². The van der Waals surface area contributed by atoms with E-state index in [0.717, 1.165) is 8.95 Å². The van der Waals surface area contributed by atoms with Crippen LogP contribution in [-0.4, -0.2) is 10.7 Å². The van der Waals surface area contributed by atoms with Gasteiger partial charge in [-0.15, -0.1) is 0 Å². The lowest BCUT2D eigenvalue weighted by Crippen LogP contribution is -2.02. The average Bonchev–Trinajstić information content (AvgIpc) is 2.50. The van der Waals surface area contributed by atoms with Crippen molar-refractivity contribution in [2.75, 3.05) is 0 Å². The molecule has 0 aliphatic carbocycles. The molecule has 0 spiro atoms. The third kappa shape index (κ3) is 5.96. The van der Waals surface area contributed by atoms with Crippen LogP contribution in [0.5, 0.6) is 11.5 Å². The molecule has 0 aliphatic heterocycles. The maximum absolute atomic E-state index is 5.81. The molecular formula is C14H8Br2Cl2N2O2. The lowest BCUT2D eigenvalue weighted by Gasteiger charge is -2.02. The number of hydrogen-bond donors (Lipinski definition) is 0. The highest BCUT2D eigenvalue weighted by Gasteiger charge is 2.01. The molecule has 0 aromatic heterocycles. The molecule has 0 radical (unpaired) electrons. The van der Waals surface area contributed by atoms with Crippen molar-refractivity contribution >= 4 is 65.8 Å². The Morgan fingerprint density at radius 2 is 1.00 bits per heavy atom. The van der Waals surface area contributed by atoms with Gasteiger partial charge in [-0.05, 0) is 71.7 Å². The molecule has 2 aromatic carbocycles. The van der Waals surface area contributed by atoms with Gasteiger partial charge in [-0.3, -0.25) is 0 Å². The summed E-state index contributed by atoms with van der Waals surface area (Å²) >= 11 is 18.3. The van der Waals surface area contributed by atoms with Gasteiger partial charge in [0.1, 0.15) is 11.5 Å². The Balaban J connectivity index is 1.95. The minimum Gasteiger partial charge on any atom is -0.429 e. The van der Waals surface area contributed by atoms with Crippen LogP contribution in [0.3, 0.4) is 0 Å². The van der Waals surface area contributed by atoms with E-state index < -0.39 is 0 Å². The minimum atomic E-state index is -0.181. The predicted molar refractivity (Wildman–Crippen MR) is 96.1 cm³/mol. The van der Waals surface area contributed by atoms with Crippen molar-refractivity contribution in [1.29, 1.82) is 0 Å². The smallest absolute Gasteiger partial charge is 0.311 e. The molecule has 0 fully saturated rings. The van der Waals surface area contributed by atoms with Crippen molar-refractivity contribution in [1.82, 2.24) is 0 Å². The van der Waals surface area contributed by atoms with Crippen molar-refractivity contribution in [3.05, 3.63) is 57.5 Å². The van der Waals surface area contributed by atoms with E-state index in [9.17, 15) is 0 Å². The van der Waals surface area contributed by atoms with Crippen molar-refractivity contribution in [3.8, 4) is 11.5 Å². The van der Waals surface area contributed by atoms with Gasteiger partial charge in [0.05, 0.1) is 0 Å². The molecule has 0 aliphatic rings. The molecule has 22 heavy (non-hydrogen) atoms. The summed E-state index contributed by atoms with van der Waals surface area (Å²) in [6.45, 7) is 0. The van der Waals surface area contributed by atoms with Gasteiger partial charge in [-0.25, -0.2) is 0 Å². The summed E-state index contributed by atoms with van der Waals surface area (Å²) in [5.74, 6) is 1.05. The fourth-order valence-corrected chi connectivity index (χ4v) is 2.10. The van der Waals surface area contributed by atoms with Crippen LogP contribution in [-0.2, 0) is 0 Å². The number of ether oxygens (including phenoxy) is 2. The molecule has 0 N–H and O–H groups in total. The van der Waals surface area contributed by atoms with Crippen LogP contribution in [0.2, 0.25) is 0 Å². The maximum atomic E-state index is 5.81. The molecule has 2 aromatic rings. The summed E-state index contributed by atoms with van der Waals surface area (Å²) in [4.78, 5) is 0. The van der Waals surface area contributed by atoms with Gasteiger partial charge in [0.25, 0.3) is 0 Å². The van der Waals surface area contributed by atoms with Crippen LogP contribution < -0.4 is 9.47 Å². The molecule has 0 atom stereocenters. The molecule has 0 amide bonds. The molecule has 114 valence electrons. The van der Waals surface area contributed by atoms with Crippen LogP contribution >= 0.6 is 55.1 Å². The van der Waals surface area contributed by atoms with Crippen LogP contribution in [0.4, 0.5) is 0 Å². The van der Waals surface area contributed by atoms with Crippen LogP contribution in [0.1, 0.15) is 0 Å². The summed E-state index contributed by atoms with van der Waals surface area (Å²) in [5, 5.41) is 6.89. The third-order valence-electron chi connectivity index (χ3n) is 2.24. The van der Waals surface area contributed by atoms with Gasteiger partial charge in [0.2, 0.25) is 0 Å². The molecule has 8 heteroatoms. The second-order valence-corrected chi connectivity index (χ2v) is 6.30. The first-order chi connectivity index (χ1) is 10.5. The topological polar surface area (TPSA) is 43.2 Å². The molecule has 2 rings (SSSR count). The zero-order valence-electron chi connectivity index (χ0n) is 10.8. The van der Waals surface area contributed by atoms with Crippen LogP contribution in [0.25, 0.3) is 0 Å². The fourth-order valence-electron chi connectivity index (χ4n) is 1.32. The fraction of sp³-hybridized carbons (Fsp3) is 0. The first-order valence-electron chi connectivity index (χ1n) is 5.86. The van der Waals surface area contributed by atoms with E-state index in [1.165, 1.54) is 0 Å². The Kier molecular flexibility index (Phi) is 6.70. The number of nitrogens with zero attached hydrogens (tertiary/aromatic N) is 2. The number of halogens is 4. The number of benzene rings is 2. The SMILES string of the molecule is Cl/C(=N/N=C(/Cl)Oc1ccc(Br)cc1)Oc1ccc(Br)cc1. The van der Waals surface area contributed by atoms with Gasteiger partial charge in [0.15, 0.2) is 0 Å². The van der Waals surface area contributed by atoms with Gasteiger partial charge in [-0.1, -0.05) is 42.1 Å². The average molecular weight is 467 g/mol. The van der Waals surface area contributed by atoms with E-state index in [0.29, 0.717) is 11.5 Å². The molecular weight excluding hydrogens is 459 g/mol. The van der Waals surface area contributed by atoms with Gasteiger partial charge in [0, 0.05) is 8.95 Å². The van der Waals surface area contributed by atoms with E-state index in [4.69, 9.17) is 32.7 Å². The van der Waals surface area contributed by atoms with Crippen molar-refractivity contribution < 1.29 is 9.47 Å². The molecule has 0 unspecified atom stereocenters. The number of hydrogen-bond acceptors (Lipinski definition) is 4. The Morgan fingerprint density at radius 3 is 1.32 bits per heavy atom. The highest BCUT2D eigenvalue weighted by Crippen LogP contribution is 2.18. The Labute approximate surface area is 154 Å². The lowest BCUT2D eigenvalue weighted by molar-refractivity contribution is 0.551. The molecule has 0 bridgehead atoms. The van der Waals surface area contributed by atoms with Crippen molar-refractivity contribution in [3.63, 3.8) is 0 Å². The standard InChI is InChI=1S/C14H8Br2Cl2N2O2/c15-9-1-5-11(6-2-9)21-13(17)19-20-14(18)22-12-7-3-10(16)4-8-12/h1-8H/b19-13-,20-14-. The first kappa shape index (κ1) is 17.3. The molecule has 4 nitrogen and oxygen atoms in total. The predicted octanol–water partition coefficient (Wildman–Crippen LogP) is 5.77. The summed E-state index contributed by atoms with van der Waals surface area (Å²) in [7, 11) is 0. The monoisotopic (exact) mass is 464 g/mol. The maximum Gasteiger partial charge on any atom is 0.311 e. The highest BCUT2D eigenvalue weighted by atomic mass is 79.9. The van der Waals surface area contributed by atoms with Crippen LogP contribution in [0, 0.1) is 0 Å². The van der Waals surface area contributed by atoms with E-state index in [1.807, 2.05) is 24.3 Å². The largest absolute Gasteiger partial charge is 0.429 e. The molecule has 0 heterocycles. The van der Waals surface area contributed by atoms with Crippen LogP contribution in [0.15, 0.2) is 67.7 Å². The summed E-state index contributed by atoms with van der Waals surface area (Å²) < 4.78 is 12.4. The van der Waals surface area contributed by atoms with Gasteiger partial charge < -0.3 is 9.47 Å². The second-order valence-electron chi connectivity index (χ2n) is 3.82. The van der Waals surface area contributed by atoms with Gasteiger partial charge >= 0.3 is 10.7 Å². The normalized spacial score (nSPS) is 12.2. The van der Waals surface area contributed by atoms with E-state index in [-0.39, 0.29) is 10.7 Å². The van der Waals surface area contributed by atoms with Gasteiger partial charge in [-0.2, -0.15) is 0 Å². The molecule has 0 saturated carbocycles. The second kappa shape index (κ2) is 8.53.